The van der Waals surface area contributed by atoms with Crippen LogP contribution in [0.1, 0.15) is 45.6 Å². The monoisotopic (exact) mass is 284 g/mol. The second-order valence-electron chi connectivity index (χ2n) is 6.29. The summed E-state index contributed by atoms with van der Waals surface area (Å²) < 4.78 is 5.68. The lowest BCUT2D eigenvalue weighted by molar-refractivity contribution is -0.155. The third-order valence-corrected chi connectivity index (χ3v) is 4.20. The maximum atomic E-state index is 12.0. The number of rotatable bonds is 4. The lowest BCUT2D eigenvalue weighted by Gasteiger charge is -2.35. The predicted molar refractivity (Wildman–Crippen MR) is 86.7 cm³/mol. The van der Waals surface area contributed by atoms with Crippen molar-refractivity contribution in [2.75, 3.05) is 0 Å². The van der Waals surface area contributed by atoms with Crippen LogP contribution >= 0.6 is 0 Å². The molecule has 0 amide bonds. The third kappa shape index (κ3) is 4.59. The summed E-state index contributed by atoms with van der Waals surface area (Å²) in [6.45, 7) is 6.19. The smallest absolute Gasteiger partial charge is 0.331 e. The molecule has 0 aliphatic heterocycles. The average molecular weight is 284 g/mol. The van der Waals surface area contributed by atoms with Gasteiger partial charge in [0, 0.05) is 12.0 Å². The van der Waals surface area contributed by atoms with E-state index >= 15 is 0 Å². The van der Waals surface area contributed by atoms with Gasteiger partial charge in [-0.1, -0.05) is 42.0 Å². The molecule has 0 saturated heterocycles. The van der Waals surface area contributed by atoms with Crippen LogP contribution in [0.15, 0.2) is 48.1 Å². The number of carbonyl (C=O) groups is 1. The highest BCUT2D eigenvalue weighted by molar-refractivity contribution is 5.87. The number of hydrogen-bond acceptors (Lipinski definition) is 2. The molecule has 1 unspecified atom stereocenters. The number of esters is 1. The van der Waals surface area contributed by atoms with Gasteiger partial charge in [0.05, 0.1) is 0 Å². The molecule has 1 aliphatic carbocycles. The molecule has 0 fully saturated rings. The molecule has 0 radical (unpaired) electrons. The fraction of sp³-hybridized carbons (Fsp3) is 0.421. The lowest BCUT2D eigenvalue weighted by atomic mass is 9.79. The van der Waals surface area contributed by atoms with Gasteiger partial charge in [0.2, 0.25) is 0 Å². The van der Waals surface area contributed by atoms with Gasteiger partial charge in [-0.25, -0.2) is 4.79 Å². The first-order valence-corrected chi connectivity index (χ1v) is 7.59. The van der Waals surface area contributed by atoms with E-state index in [9.17, 15) is 4.79 Å². The largest absolute Gasteiger partial charge is 0.456 e. The summed E-state index contributed by atoms with van der Waals surface area (Å²) in [5.41, 5.74) is 2.02. The molecule has 112 valence electrons. The van der Waals surface area contributed by atoms with E-state index < -0.39 is 5.60 Å². The van der Waals surface area contributed by atoms with E-state index in [1.54, 1.807) is 6.08 Å². The Labute approximate surface area is 127 Å². The van der Waals surface area contributed by atoms with E-state index in [4.69, 9.17) is 4.74 Å². The van der Waals surface area contributed by atoms with Gasteiger partial charge in [0.25, 0.3) is 0 Å². The van der Waals surface area contributed by atoms with E-state index in [0.29, 0.717) is 5.92 Å². The van der Waals surface area contributed by atoms with Crippen molar-refractivity contribution in [1.82, 2.24) is 0 Å². The molecular weight excluding hydrogens is 260 g/mol. The quantitative estimate of drug-likeness (QED) is 0.452. The summed E-state index contributed by atoms with van der Waals surface area (Å²) in [4.78, 5) is 12.0. The van der Waals surface area contributed by atoms with Gasteiger partial charge >= 0.3 is 5.97 Å². The fourth-order valence-electron chi connectivity index (χ4n) is 2.70. The Morgan fingerprint density at radius 1 is 1.29 bits per heavy atom. The van der Waals surface area contributed by atoms with Crippen LogP contribution in [0.5, 0.6) is 0 Å². The molecule has 2 nitrogen and oxygen atoms in total. The molecule has 1 atom stereocenters. The summed E-state index contributed by atoms with van der Waals surface area (Å²) >= 11 is 0. The van der Waals surface area contributed by atoms with E-state index in [-0.39, 0.29) is 5.97 Å². The molecule has 0 N–H and O–H groups in total. The van der Waals surface area contributed by atoms with Crippen molar-refractivity contribution in [3.05, 3.63) is 53.6 Å². The molecule has 1 aliphatic rings. The van der Waals surface area contributed by atoms with Gasteiger partial charge in [-0.15, -0.1) is 0 Å². The van der Waals surface area contributed by atoms with Crippen molar-refractivity contribution < 1.29 is 9.53 Å². The standard InChI is InChI=1S/C19H24O2/c1-15-9-12-17(13-10-15)19(2,3)21-18(20)14-11-16-7-5-4-6-8-16/h4-9,11,14,17H,10,12-13H2,1-3H3. The zero-order chi connectivity index (χ0) is 15.3. The summed E-state index contributed by atoms with van der Waals surface area (Å²) in [7, 11) is 0. The minimum atomic E-state index is -0.421. The van der Waals surface area contributed by atoms with E-state index in [1.165, 1.54) is 11.6 Å². The molecule has 21 heavy (non-hydrogen) atoms. The highest BCUT2D eigenvalue weighted by atomic mass is 16.6. The molecule has 0 aromatic heterocycles. The zero-order valence-corrected chi connectivity index (χ0v) is 13.1. The molecular formula is C19H24O2. The Morgan fingerprint density at radius 3 is 2.62 bits per heavy atom. The first-order valence-electron chi connectivity index (χ1n) is 7.59. The summed E-state index contributed by atoms with van der Waals surface area (Å²) in [5.74, 6) is 0.130. The summed E-state index contributed by atoms with van der Waals surface area (Å²) in [5, 5.41) is 0. The molecule has 0 heterocycles. The van der Waals surface area contributed by atoms with Crippen molar-refractivity contribution in [1.29, 1.82) is 0 Å². The number of benzene rings is 1. The van der Waals surface area contributed by atoms with Crippen LogP contribution in [-0.2, 0) is 9.53 Å². The Balaban J connectivity index is 1.93. The van der Waals surface area contributed by atoms with Crippen LogP contribution in [0.2, 0.25) is 0 Å². The Bertz CT molecular complexity index is 538. The zero-order valence-electron chi connectivity index (χ0n) is 13.1. The van der Waals surface area contributed by atoms with Crippen molar-refractivity contribution in [3.63, 3.8) is 0 Å². The molecule has 2 rings (SSSR count). The fourth-order valence-corrected chi connectivity index (χ4v) is 2.70. The first-order chi connectivity index (χ1) is 9.97. The maximum absolute atomic E-state index is 12.0. The number of ether oxygens (including phenoxy) is 1. The summed E-state index contributed by atoms with van der Waals surface area (Å²) in [6, 6.07) is 9.78. The molecule has 0 saturated carbocycles. The molecule has 0 bridgehead atoms. The minimum Gasteiger partial charge on any atom is -0.456 e. The number of allylic oxidation sites excluding steroid dienone is 2. The maximum Gasteiger partial charge on any atom is 0.331 e. The Kier molecular flexibility index (Phi) is 5.00. The van der Waals surface area contributed by atoms with Gasteiger partial charge in [0.1, 0.15) is 5.60 Å². The predicted octanol–water partition coefficient (Wildman–Crippen LogP) is 4.77. The van der Waals surface area contributed by atoms with Crippen LogP contribution in [-0.4, -0.2) is 11.6 Å². The van der Waals surface area contributed by atoms with Gasteiger partial charge in [-0.05, 0) is 51.7 Å². The summed E-state index contributed by atoms with van der Waals surface area (Å²) in [6.07, 6.45) is 8.76. The van der Waals surface area contributed by atoms with Crippen molar-refractivity contribution in [2.24, 2.45) is 5.92 Å². The van der Waals surface area contributed by atoms with Gasteiger partial charge in [-0.2, -0.15) is 0 Å². The molecule has 1 aromatic rings. The van der Waals surface area contributed by atoms with E-state index in [0.717, 1.165) is 24.8 Å². The Hall–Kier alpha value is -1.83. The number of carbonyl (C=O) groups excluding carboxylic acids is 1. The Morgan fingerprint density at radius 2 is 2.00 bits per heavy atom. The lowest BCUT2D eigenvalue weighted by Crippen LogP contribution is -2.37. The second-order valence-corrected chi connectivity index (χ2v) is 6.29. The van der Waals surface area contributed by atoms with Crippen molar-refractivity contribution in [3.8, 4) is 0 Å². The van der Waals surface area contributed by atoms with Crippen LogP contribution < -0.4 is 0 Å². The highest BCUT2D eigenvalue weighted by Gasteiger charge is 2.33. The topological polar surface area (TPSA) is 26.3 Å². The highest BCUT2D eigenvalue weighted by Crippen LogP contribution is 2.34. The van der Waals surface area contributed by atoms with Gasteiger partial charge < -0.3 is 4.74 Å². The minimum absolute atomic E-state index is 0.268. The van der Waals surface area contributed by atoms with Crippen LogP contribution in [0, 0.1) is 5.92 Å². The third-order valence-electron chi connectivity index (χ3n) is 4.20. The van der Waals surface area contributed by atoms with E-state index in [2.05, 4.69) is 13.0 Å². The number of hydrogen-bond donors (Lipinski definition) is 0. The van der Waals surface area contributed by atoms with Crippen LogP contribution in [0.3, 0.4) is 0 Å². The van der Waals surface area contributed by atoms with Gasteiger partial charge in [0.15, 0.2) is 0 Å². The molecule has 0 spiro atoms. The first kappa shape index (κ1) is 15.6. The molecule has 2 heteroatoms. The SMILES string of the molecule is CC1=CCC(C(C)(C)OC(=O)C=Cc2ccccc2)CC1. The van der Waals surface area contributed by atoms with Crippen LogP contribution in [0.4, 0.5) is 0 Å². The van der Waals surface area contributed by atoms with Crippen molar-refractivity contribution in [2.45, 2.75) is 45.6 Å². The normalized spacial score (nSPS) is 19.4. The molecule has 1 aromatic carbocycles. The van der Waals surface area contributed by atoms with Crippen molar-refractivity contribution >= 4 is 12.0 Å². The van der Waals surface area contributed by atoms with Gasteiger partial charge in [-0.3, -0.25) is 0 Å². The van der Waals surface area contributed by atoms with Crippen LogP contribution in [0.25, 0.3) is 6.08 Å². The second kappa shape index (κ2) is 6.75. The van der Waals surface area contributed by atoms with E-state index in [1.807, 2.05) is 44.2 Å². The average Bonchev–Trinajstić information content (AvgIpc) is 2.46.